The van der Waals surface area contributed by atoms with Crippen molar-refractivity contribution in [3.8, 4) is 17.0 Å². The van der Waals surface area contributed by atoms with Crippen LogP contribution in [-0.4, -0.2) is 57.5 Å². The normalized spacial score (nSPS) is 18.2. The molecule has 166 valence electrons. The van der Waals surface area contributed by atoms with Crippen LogP contribution >= 0.6 is 0 Å². The van der Waals surface area contributed by atoms with Crippen LogP contribution in [0, 0.1) is 5.92 Å². The van der Waals surface area contributed by atoms with E-state index in [0.29, 0.717) is 17.2 Å². The van der Waals surface area contributed by atoms with Gasteiger partial charge in [-0.1, -0.05) is 31.4 Å². The van der Waals surface area contributed by atoms with Gasteiger partial charge in [0, 0.05) is 42.9 Å². The molecular weight excluding hydrogens is 401 g/mol. The highest BCUT2D eigenvalue weighted by molar-refractivity contribution is 6.36. The number of anilines is 1. The lowest BCUT2D eigenvalue weighted by molar-refractivity contribution is -0.137. The highest BCUT2D eigenvalue weighted by Gasteiger charge is 2.29. The van der Waals surface area contributed by atoms with Gasteiger partial charge in [-0.2, -0.15) is 9.61 Å². The monoisotopic (exact) mass is 431 g/mol. The Morgan fingerprint density at radius 3 is 2.59 bits per heavy atom. The van der Waals surface area contributed by atoms with E-state index in [1.807, 2.05) is 42.8 Å². The van der Waals surface area contributed by atoms with Gasteiger partial charge >= 0.3 is 0 Å². The van der Waals surface area contributed by atoms with Crippen LogP contribution in [0.2, 0.25) is 0 Å². The number of carbonyl (C=O) groups excluding carboxylic acids is 1. The van der Waals surface area contributed by atoms with Gasteiger partial charge in [0.2, 0.25) is 5.91 Å². The van der Waals surface area contributed by atoms with Gasteiger partial charge in [-0.25, -0.2) is 4.98 Å². The van der Waals surface area contributed by atoms with E-state index in [4.69, 9.17) is 4.98 Å². The van der Waals surface area contributed by atoms with Crippen molar-refractivity contribution in [2.75, 3.05) is 18.4 Å². The van der Waals surface area contributed by atoms with Crippen molar-refractivity contribution >= 4 is 30.7 Å². The zero-order valence-corrected chi connectivity index (χ0v) is 18.6. The minimum atomic E-state index is 0.210. The molecule has 2 aliphatic rings. The maximum atomic E-state index is 12.9. The Morgan fingerprint density at radius 2 is 1.84 bits per heavy atom. The third-order valence-corrected chi connectivity index (χ3v) is 6.94. The van der Waals surface area contributed by atoms with E-state index in [2.05, 4.69) is 15.3 Å². The predicted octanol–water partition coefficient (Wildman–Crippen LogP) is 2.34. The Bertz CT molecular complexity index is 1120. The average Bonchev–Trinajstić information content (AvgIpc) is 3.21. The van der Waals surface area contributed by atoms with Crippen molar-refractivity contribution in [2.45, 2.75) is 51.0 Å². The Kier molecular flexibility index (Phi) is 5.76. The fourth-order valence-corrected chi connectivity index (χ4v) is 5.06. The second-order valence-electron chi connectivity index (χ2n) is 9.19. The topological polar surface area (TPSA) is 82.8 Å². The summed E-state index contributed by atoms with van der Waals surface area (Å²) in [5.41, 5.74) is 3.18. The molecule has 5 rings (SSSR count). The predicted molar refractivity (Wildman–Crippen MR) is 128 cm³/mol. The minimum Gasteiger partial charge on any atom is -0.507 e. The molecule has 7 nitrogen and oxygen atoms in total. The summed E-state index contributed by atoms with van der Waals surface area (Å²) in [7, 11) is 1.99. The maximum absolute atomic E-state index is 12.9. The molecule has 0 atom stereocenters. The van der Waals surface area contributed by atoms with E-state index in [0.717, 1.165) is 55.7 Å². The molecule has 0 radical (unpaired) electrons. The number of fused-ring (bicyclic) bond motifs is 1. The number of hydrogen-bond acceptors (Lipinski definition) is 5. The summed E-state index contributed by atoms with van der Waals surface area (Å²) in [5, 5.41) is 18.5. The van der Waals surface area contributed by atoms with Crippen molar-refractivity contribution in [2.24, 2.45) is 5.92 Å². The minimum absolute atomic E-state index is 0.210. The molecule has 8 heteroatoms. The number of hydrogen-bond donors (Lipinski definition) is 2. The first kappa shape index (κ1) is 20.9. The van der Waals surface area contributed by atoms with Crippen molar-refractivity contribution in [1.82, 2.24) is 19.5 Å². The second kappa shape index (κ2) is 8.84. The van der Waals surface area contributed by atoms with Crippen LogP contribution in [0.3, 0.4) is 0 Å². The third kappa shape index (κ3) is 4.06. The number of nitrogens with one attached hydrogen (secondary N) is 1. The van der Waals surface area contributed by atoms with Gasteiger partial charge in [0.05, 0.1) is 5.69 Å². The van der Waals surface area contributed by atoms with Gasteiger partial charge in [0.1, 0.15) is 19.4 Å². The van der Waals surface area contributed by atoms with Gasteiger partial charge in [-0.15, -0.1) is 0 Å². The zero-order valence-electron chi connectivity index (χ0n) is 18.6. The van der Waals surface area contributed by atoms with E-state index < -0.39 is 0 Å². The summed E-state index contributed by atoms with van der Waals surface area (Å²) < 4.78 is 1.83. The number of aromatic nitrogens is 3. The number of piperidine rings is 1. The Hall–Kier alpha value is -3.03. The molecule has 0 unspecified atom stereocenters. The molecular formula is C24H30BN5O2. The van der Waals surface area contributed by atoms with Crippen LogP contribution in [0.5, 0.6) is 5.75 Å². The van der Waals surface area contributed by atoms with Crippen molar-refractivity contribution in [3.63, 3.8) is 0 Å². The first-order valence-corrected chi connectivity index (χ1v) is 11.8. The smallest absolute Gasteiger partial charge is 0.225 e. The van der Waals surface area contributed by atoms with E-state index in [1.165, 1.54) is 19.3 Å². The molecule has 2 aromatic heterocycles. The SMILES string of the molecule is Bc1cnn2c(NC3CCN(C(=O)C4CCCCC4)CC3)cc(-c3ccccc3O)nc12. The molecule has 32 heavy (non-hydrogen) atoms. The number of carbonyl (C=O) groups is 1. The Morgan fingerprint density at radius 1 is 1.09 bits per heavy atom. The van der Waals surface area contributed by atoms with Crippen LogP contribution in [0.15, 0.2) is 36.5 Å². The first-order chi connectivity index (χ1) is 15.6. The molecule has 1 saturated heterocycles. The number of para-hydroxylation sites is 1. The Labute approximate surface area is 189 Å². The number of nitrogens with zero attached hydrogens (tertiary/aromatic N) is 4. The summed E-state index contributed by atoms with van der Waals surface area (Å²) in [6.07, 6.45) is 9.39. The lowest BCUT2D eigenvalue weighted by atomic mass is 9.87. The van der Waals surface area contributed by atoms with Crippen LogP contribution in [0.4, 0.5) is 5.82 Å². The van der Waals surface area contributed by atoms with Gasteiger partial charge < -0.3 is 15.3 Å². The summed E-state index contributed by atoms with van der Waals surface area (Å²) in [5.74, 6) is 1.67. The van der Waals surface area contributed by atoms with Crippen LogP contribution < -0.4 is 10.8 Å². The van der Waals surface area contributed by atoms with E-state index in [1.54, 1.807) is 6.07 Å². The number of benzene rings is 1. The first-order valence-electron chi connectivity index (χ1n) is 11.8. The third-order valence-electron chi connectivity index (χ3n) is 6.94. The molecule has 3 heterocycles. The van der Waals surface area contributed by atoms with Gasteiger partial charge in [-0.05, 0) is 43.3 Å². The fraction of sp³-hybridized carbons (Fsp3) is 0.458. The van der Waals surface area contributed by atoms with Gasteiger partial charge in [0.15, 0.2) is 5.65 Å². The van der Waals surface area contributed by atoms with Crippen molar-refractivity contribution in [3.05, 3.63) is 36.5 Å². The number of phenolic OH excluding ortho intramolecular Hbond substituents is 1. The summed E-state index contributed by atoms with van der Waals surface area (Å²) in [6.45, 7) is 1.59. The zero-order chi connectivity index (χ0) is 22.1. The highest BCUT2D eigenvalue weighted by atomic mass is 16.3. The molecule has 0 spiro atoms. The summed E-state index contributed by atoms with van der Waals surface area (Å²) >= 11 is 0. The molecule has 2 N–H and O–H groups in total. The highest BCUT2D eigenvalue weighted by Crippen LogP contribution is 2.30. The largest absolute Gasteiger partial charge is 0.507 e. The number of likely N-dealkylation sites (tertiary alicyclic amines) is 1. The quantitative estimate of drug-likeness (QED) is 0.620. The molecule has 1 amide bonds. The Balaban J connectivity index is 1.33. The molecule has 1 aliphatic carbocycles. The lowest BCUT2D eigenvalue weighted by Crippen LogP contribution is -2.45. The number of amides is 1. The van der Waals surface area contributed by atoms with Crippen LogP contribution in [0.25, 0.3) is 16.9 Å². The van der Waals surface area contributed by atoms with E-state index in [9.17, 15) is 9.90 Å². The lowest BCUT2D eigenvalue weighted by Gasteiger charge is -2.35. The second-order valence-corrected chi connectivity index (χ2v) is 9.19. The average molecular weight is 431 g/mol. The standard InChI is InChI=1S/C24H30BN5O2/c25-19-15-26-30-22(14-20(28-23(19)30)18-8-4-5-9-21(18)31)27-17-10-12-29(13-11-17)24(32)16-6-2-1-3-7-16/h4-5,8-9,14-17,27,31H,1-3,6-7,10-13,25H2. The van der Waals surface area contributed by atoms with Crippen molar-refractivity contribution < 1.29 is 9.90 Å². The fourth-order valence-electron chi connectivity index (χ4n) is 5.06. The van der Waals surface area contributed by atoms with E-state index >= 15 is 0 Å². The number of rotatable bonds is 4. The van der Waals surface area contributed by atoms with Gasteiger partial charge in [-0.3, -0.25) is 4.79 Å². The summed E-state index contributed by atoms with van der Waals surface area (Å²) in [6, 6.07) is 9.47. The number of aromatic hydroxyl groups is 1. The molecule has 1 saturated carbocycles. The molecule has 1 aliphatic heterocycles. The molecule has 3 aromatic rings. The molecule has 1 aromatic carbocycles. The molecule has 0 bridgehead atoms. The van der Waals surface area contributed by atoms with E-state index in [-0.39, 0.29) is 17.7 Å². The van der Waals surface area contributed by atoms with Crippen LogP contribution in [-0.2, 0) is 4.79 Å². The molecule has 2 fully saturated rings. The number of phenols is 1. The van der Waals surface area contributed by atoms with Crippen LogP contribution in [0.1, 0.15) is 44.9 Å². The van der Waals surface area contributed by atoms with Gasteiger partial charge in [0.25, 0.3) is 0 Å². The maximum Gasteiger partial charge on any atom is 0.225 e. The summed E-state index contributed by atoms with van der Waals surface area (Å²) in [4.78, 5) is 19.7. The van der Waals surface area contributed by atoms with Crippen molar-refractivity contribution in [1.29, 1.82) is 0 Å².